The molecule has 0 saturated carbocycles. The molecule has 0 radical (unpaired) electrons. The molecule has 2 nitrogen and oxygen atoms in total. The zero-order valence-electron chi connectivity index (χ0n) is 10.6. The number of benzene rings is 1. The highest BCUT2D eigenvalue weighted by molar-refractivity contribution is 5.94. The molecule has 1 unspecified atom stereocenters. The van der Waals surface area contributed by atoms with Gasteiger partial charge in [-0.3, -0.25) is 4.79 Å². The lowest BCUT2D eigenvalue weighted by Gasteiger charge is -2.16. The molecular weight excluding hydrogens is 307 g/mol. The summed E-state index contributed by atoms with van der Waals surface area (Å²) in [5.74, 6) is -2.59. The topological polar surface area (TPSA) is 29.1 Å². The first kappa shape index (κ1) is 17.3. The Morgan fingerprint density at radius 1 is 1.19 bits per heavy atom. The van der Waals surface area contributed by atoms with E-state index in [2.05, 4.69) is 0 Å². The number of hydrogen-bond donors (Lipinski definition) is 1. The highest BCUT2D eigenvalue weighted by Crippen LogP contribution is 2.30. The summed E-state index contributed by atoms with van der Waals surface area (Å²) >= 11 is 0. The molecule has 0 fully saturated rings. The molecule has 118 valence electrons. The van der Waals surface area contributed by atoms with Crippen LogP contribution in [-0.4, -0.2) is 18.1 Å². The molecule has 1 amide bonds. The third-order valence-corrected chi connectivity index (χ3v) is 2.45. The van der Waals surface area contributed by atoms with Gasteiger partial charge in [0.15, 0.2) is 0 Å². The van der Waals surface area contributed by atoms with Gasteiger partial charge in [0.1, 0.15) is 5.82 Å². The summed E-state index contributed by atoms with van der Waals surface area (Å²) < 4.78 is 86.9. The van der Waals surface area contributed by atoms with Crippen LogP contribution in [-0.2, 0) is 6.18 Å². The van der Waals surface area contributed by atoms with Gasteiger partial charge in [0, 0.05) is 6.04 Å². The van der Waals surface area contributed by atoms with Crippen LogP contribution in [0.4, 0.5) is 30.7 Å². The zero-order valence-corrected chi connectivity index (χ0v) is 10.6. The Kier molecular flexibility index (Phi) is 4.85. The number of rotatable bonds is 3. The Balaban J connectivity index is 2.92. The lowest BCUT2D eigenvalue weighted by molar-refractivity contribution is -0.138. The van der Waals surface area contributed by atoms with Gasteiger partial charge in [-0.15, -0.1) is 0 Å². The summed E-state index contributed by atoms with van der Waals surface area (Å²) in [6, 6.07) is -0.269. The number of alkyl halides is 6. The van der Waals surface area contributed by atoms with Gasteiger partial charge >= 0.3 is 12.4 Å². The molecule has 1 rings (SSSR count). The lowest BCUT2D eigenvalue weighted by atomic mass is 10.1. The van der Waals surface area contributed by atoms with Gasteiger partial charge in [-0.1, -0.05) is 0 Å². The second-order valence-electron chi connectivity index (χ2n) is 4.39. The van der Waals surface area contributed by atoms with Crippen molar-refractivity contribution in [3.8, 4) is 0 Å². The molecule has 0 aliphatic rings. The quantitative estimate of drug-likeness (QED) is 0.841. The van der Waals surface area contributed by atoms with E-state index in [1.165, 1.54) is 0 Å². The Labute approximate surface area is 114 Å². The van der Waals surface area contributed by atoms with Crippen LogP contribution in [0.5, 0.6) is 0 Å². The maximum atomic E-state index is 13.3. The molecule has 1 aromatic rings. The zero-order chi connectivity index (χ0) is 16.4. The highest BCUT2D eigenvalue weighted by Gasteiger charge is 2.33. The van der Waals surface area contributed by atoms with E-state index in [1.54, 1.807) is 5.32 Å². The van der Waals surface area contributed by atoms with E-state index in [-0.39, 0.29) is 6.07 Å². The standard InChI is InChI=1S/C12H10F7NO/c1-6(5-11(14,15)16)20-10(21)8-4-7(12(17,18)19)2-3-9(8)13/h2-4,6H,5H2,1H3,(H,20,21). The van der Waals surface area contributed by atoms with Crippen molar-refractivity contribution in [2.45, 2.75) is 31.7 Å². The Bertz CT molecular complexity index is 521. The van der Waals surface area contributed by atoms with E-state index in [0.717, 1.165) is 6.92 Å². The van der Waals surface area contributed by atoms with E-state index < -0.39 is 47.7 Å². The van der Waals surface area contributed by atoms with Crippen LogP contribution in [0.25, 0.3) is 0 Å². The van der Waals surface area contributed by atoms with Gasteiger partial charge in [-0.2, -0.15) is 26.3 Å². The first-order valence-corrected chi connectivity index (χ1v) is 5.64. The molecule has 1 atom stereocenters. The number of carbonyl (C=O) groups excluding carboxylic acids is 1. The van der Waals surface area contributed by atoms with Crippen LogP contribution in [0.15, 0.2) is 18.2 Å². The van der Waals surface area contributed by atoms with Gasteiger partial charge in [-0.25, -0.2) is 4.39 Å². The van der Waals surface area contributed by atoms with Gasteiger partial charge in [0.25, 0.3) is 5.91 Å². The summed E-state index contributed by atoms with van der Waals surface area (Å²) in [5, 5.41) is 1.81. The molecule has 1 aromatic carbocycles. The molecule has 0 aliphatic carbocycles. The summed E-state index contributed by atoms with van der Waals surface area (Å²) in [5.41, 5.74) is -2.23. The average Bonchev–Trinajstić information content (AvgIpc) is 2.24. The maximum Gasteiger partial charge on any atom is 0.416 e. The van der Waals surface area contributed by atoms with Crippen LogP contribution in [0.1, 0.15) is 29.3 Å². The molecule has 0 aromatic heterocycles. The summed E-state index contributed by atoms with van der Waals surface area (Å²) in [4.78, 5) is 11.6. The fourth-order valence-electron chi connectivity index (χ4n) is 1.58. The van der Waals surface area contributed by atoms with Crippen molar-refractivity contribution in [2.24, 2.45) is 0 Å². The van der Waals surface area contributed by atoms with Gasteiger partial charge in [-0.05, 0) is 25.1 Å². The summed E-state index contributed by atoms with van der Waals surface area (Å²) in [6.07, 6.45) is -10.7. The van der Waals surface area contributed by atoms with Crippen molar-refractivity contribution in [1.29, 1.82) is 0 Å². The van der Waals surface area contributed by atoms with Crippen molar-refractivity contribution in [2.75, 3.05) is 0 Å². The molecular formula is C12H10F7NO. The van der Waals surface area contributed by atoms with Crippen LogP contribution in [0.3, 0.4) is 0 Å². The Morgan fingerprint density at radius 2 is 1.76 bits per heavy atom. The maximum absolute atomic E-state index is 13.3. The molecule has 0 bridgehead atoms. The van der Waals surface area contributed by atoms with Crippen LogP contribution >= 0.6 is 0 Å². The van der Waals surface area contributed by atoms with Gasteiger partial charge < -0.3 is 5.32 Å². The normalized spacial score (nSPS) is 13.9. The van der Waals surface area contributed by atoms with Crippen molar-refractivity contribution < 1.29 is 35.5 Å². The van der Waals surface area contributed by atoms with Crippen LogP contribution in [0.2, 0.25) is 0 Å². The second kappa shape index (κ2) is 5.90. The molecule has 0 spiro atoms. The van der Waals surface area contributed by atoms with E-state index in [0.29, 0.717) is 12.1 Å². The van der Waals surface area contributed by atoms with E-state index >= 15 is 0 Å². The van der Waals surface area contributed by atoms with Gasteiger partial charge in [0.05, 0.1) is 17.5 Å². The number of carbonyl (C=O) groups is 1. The van der Waals surface area contributed by atoms with Crippen LogP contribution in [0, 0.1) is 5.82 Å². The Morgan fingerprint density at radius 3 is 2.24 bits per heavy atom. The van der Waals surface area contributed by atoms with E-state index in [1.807, 2.05) is 0 Å². The highest BCUT2D eigenvalue weighted by atomic mass is 19.4. The summed E-state index contributed by atoms with van der Waals surface area (Å²) in [7, 11) is 0. The molecule has 0 aliphatic heterocycles. The third kappa shape index (κ3) is 5.24. The van der Waals surface area contributed by atoms with Crippen molar-refractivity contribution in [1.82, 2.24) is 5.32 Å². The number of amides is 1. The van der Waals surface area contributed by atoms with Crippen molar-refractivity contribution in [3.63, 3.8) is 0 Å². The number of hydrogen-bond acceptors (Lipinski definition) is 1. The second-order valence-corrected chi connectivity index (χ2v) is 4.39. The third-order valence-electron chi connectivity index (χ3n) is 2.45. The Hall–Kier alpha value is -1.80. The molecule has 1 N–H and O–H groups in total. The molecule has 0 heterocycles. The minimum atomic E-state index is -4.79. The SMILES string of the molecule is CC(CC(F)(F)F)NC(=O)c1cc(C(F)(F)F)ccc1F. The monoisotopic (exact) mass is 317 g/mol. The minimum absolute atomic E-state index is 0.255. The molecule has 9 heteroatoms. The number of halogens is 7. The average molecular weight is 317 g/mol. The predicted octanol–water partition coefficient (Wildman–Crippen LogP) is 3.92. The molecule has 21 heavy (non-hydrogen) atoms. The minimum Gasteiger partial charge on any atom is -0.349 e. The number of nitrogens with one attached hydrogen (secondary N) is 1. The first-order valence-electron chi connectivity index (χ1n) is 5.64. The smallest absolute Gasteiger partial charge is 0.349 e. The van der Waals surface area contributed by atoms with Crippen molar-refractivity contribution >= 4 is 5.91 Å². The first-order chi connectivity index (χ1) is 9.40. The largest absolute Gasteiger partial charge is 0.416 e. The van der Waals surface area contributed by atoms with Crippen molar-refractivity contribution in [3.05, 3.63) is 35.1 Å². The van der Waals surface area contributed by atoms with Gasteiger partial charge in [0.2, 0.25) is 0 Å². The predicted molar refractivity (Wildman–Crippen MR) is 59.0 cm³/mol. The fourth-order valence-corrected chi connectivity index (χ4v) is 1.58. The lowest BCUT2D eigenvalue weighted by Crippen LogP contribution is -2.36. The van der Waals surface area contributed by atoms with E-state index in [4.69, 9.17) is 0 Å². The molecule has 0 saturated heterocycles. The van der Waals surface area contributed by atoms with E-state index in [9.17, 15) is 35.5 Å². The summed E-state index contributed by atoms with van der Waals surface area (Å²) in [6.45, 7) is 1.01. The fraction of sp³-hybridized carbons (Fsp3) is 0.417. The van der Waals surface area contributed by atoms with Crippen LogP contribution < -0.4 is 5.32 Å².